The summed E-state index contributed by atoms with van der Waals surface area (Å²) in [7, 11) is 0. The fraction of sp³-hybridized carbons (Fsp3) is 0.500. The summed E-state index contributed by atoms with van der Waals surface area (Å²) in [6, 6.07) is 2.01. The average molecular weight is 309 g/mol. The molecule has 0 aliphatic rings. The molecule has 1 rings (SSSR count). The molecule has 4 nitrogen and oxygen atoms in total. The van der Waals surface area contributed by atoms with E-state index in [-0.39, 0.29) is 18.2 Å². The van der Waals surface area contributed by atoms with Gasteiger partial charge >= 0.3 is 5.97 Å². The molecule has 0 radical (unpaired) electrons. The van der Waals surface area contributed by atoms with Crippen LogP contribution < -0.4 is 5.32 Å². The Kier molecular flexibility index (Phi) is 7.15. The van der Waals surface area contributed by atoms with E-state index in [4.69, 9.17) is 5.11 Å². The lowest BCUT2D eigenvalue weighted by atomic mass is 9.94. The second-order valence-electron chi connectivity index (χ2n) is 5.64. The highest BCUT2D eigenvalue weighted by molar-refractivity contribution is 7.11. The third kappa shape index (κ3) is 7.09. The predicted molar refractivity (Wildman–Crippen MR) is 86.3 cm³/mol. The fourth-order valence-corrected chi connectivity index (χ4v) is 2.98. The van der Waals surface area contributed by atoms with Crippen LogP contribution in [0.15, 0.2) is 17.5 Å². The first-order chi connectivity index (χ1) is 9.88. The van der Waals surface area contributed by atoms with Gasteiger partial charge in [-0.1, -0.05) is 13.8 Å². The minimum absolute atomic E-state index is 0.0247. The van der Waals surface area contributed by atoms with E-state index in [2.05, 4.69) is 19.2 Å². The van der Waals surface area contributed by atoms with Crippen LogP contribution in [-0.2, 0) is 9.59 Å². The summed E-state index contributed by atoms with van der Waals surface area (Å²) in [6.07, 6.45) is 4.18. The number of rotatable bonds is 8. The molecule has 2 N–H and O–H groups in total. The van der Waals surface area contributed by atoms with Gasteiger partial charge in [-0.3, -0.25) is 9.59 Å². The summed E-state index contributed by atoms with van der Waals surface area (Å²) in [5.41, 5.74) is 1.15. The molecular formula is C16H23NO3S. The van der Waals surface area contributed by atoms with E-state index >= 15 is 0 Å². The van der Waals surface area contributed by atoms with Crippen LogP contribution in [0.5, 0.6) is 0 Å². The van der Waals surface area contributed by atoms with Crippen LogP contribution in [0, 0.1) is 18.8 Å². The molecule has 0 fully saturated rings. The Labute approximate surface area is 129 Å². The topological polar surface area (TPSA) is 66.4 Å². The Morgan fingerprint density at radius 3 is 2.67 bits per heavy atom. The summed E-state index contributed by atoms with van der Waals surface area (Å²) >= 11 is 1.59. The van der Waals surface area contributed by atoms with Gasteiger partial charge in [0.15, 0.2) is 0 Å². The number of carbonyl (C=O) groups excluding carboxylic acids is 1. The van der Waals surface area contributed by atoms with E-state index in [1.165, 1.54) is 6.08 Å². The Morgan fingerprint density at radius 2 is 2.14 bits per heavy atom. The molecule has 1 heterocycles. The number of thiophene rings is 1. The van der Waals surface area contributed by atoms with Crippen LogP contribution >= 0.6 is 11.3 Å². The summed E-state index contributed by atoms with van der Waals surface area (Å²) in [5, 5.41) is 13.7. The lowest BCUT2D eigenvalue weighted by Crippen LogP contribution is -2.29. The number of carbonyl (C=O) groups is 2. The molecule has 0 aliphatic carbocycles. The van der Waals surface area contributed by atoms with Crippen molar-refractivity contribution in [3.8, 4) is 0 Å². The molecule has 0 saturated heterocycles. The van der Waals surface area contributed by atoms with Crippen molar-refractivity contribution < 1.29 is 14.7 Å². The van der Waals surface area contributed by atoms with Crippen LogP contribution in [-0.4, -0.2) is 23.5 Å². The molecule has 0 bridgehead atoms. The fourth-order valence-electron chi connectivity index (χ4n) is 2.16. The number of nitrogens with one attached hydrogen (secondary N) is 1. The number of carboxylic acid groups (broad SMARTS) is 1. The zero-order valence-electron chi connectivity index (χ0n) is 12.8. The monoisotopic (exact) mass is 309 g/mol. The Morgan fingerprint density at radius 1 is 1.43 bits per heavy atom. The summed E-state index contributed by atoms with van der Waals surface area (Å²) in [5.74, 6) is -0.611. The van der Waals surface area contributed by atoms with Gasteiger partial charge in [-0.25, -0.2) is 0 Å². The zero-order valence-corrected chi connectivity index (χ0v) is 13.6. The first-order valence-electron chi connectivity index (χ1n) is 7.10. The molecule has 1 aromatic rings. The molecule has 0 spiro atoms. The quantitative estimate of drug-likeness (QED) is 0.724. The van der Waals surface area contributed by atoms with Crippen molar-refractivity contribution in [2.75, 3.05) is 6.54 Å². The van der Waals surface area contributed by atoms with Crippen LogP contribution in [0.2, 0.25) is 0 Å². The lowest BCUT2D eigenvalue weighted by Gasteiger charge is -2.17. The van der Waals surface area contributed by atoms with E-state index in [1.807, 2.05) is 18.4 Å². The van der Waals surface area contributed by atoms with Gasteiger partial charge in [0.05, 0.1) is 0 Å². The molecule has 1 amide bonds. The minimum Gasteiger partial charge on any atom is -0.481 e. The van der Waals surface area contributed by atoms with Gasteiger partial charge in [-0.05, 0) is 48.3 Å². The maximum Gasteiger partial charge on any atom is 0.303 e. The highest BCUT2D eigenvalue weighted by Gasteiger charge is 2.15. The first-order valence-corrected chi connectivity index (χ1v) is 7.98. The first kappa shape index (κ1) is 17.4. The molecule has 5 heteroatoms. The van der Waals surface area contributed by atoms with E-state index in [9.17, 15) is 9.59 Å². The van der Waals surface area contributed by atoms with Gasteiger partial charge in [0.1, 0.15) is 0 Å². The van der Waals surface area contributed by atoms with Crippen molar-refractivity contribution in [1.29, 1.82) is 0 Å². The van der Waals surface area contributed by atoms with E-state index in [0.29, 0.717) is 12.5 Å². The second kappa shape index (κ2) is 8.62. The molecule has 0 saturated carbocycles. The molecule has 1 aromatic heterocycles. The Hall–Kier alpha value is -1.62. The SMILES string of the molecule is Cc1ccsc1C=CC(=O)NC[C@H](CC(=O)O)CC(C)C. The largest absolute Gasteiger partial charge is 0.481 e. The summed E-state index contributed by atoms with van der Waals surface area (Å²) < 4.78 is 0. The minimum atomic E-state index is -0.820. The third-order valence-corrected chi connectivity index (χ3v) is 4.10. The van der Waals surface area contributed by atoms with Crippen LogP contribution in [0.25, 0.3) is 6.08 Å². The van der Waals surface area contributed by atoms with Crippen molar-refractivity contribution in [2.45, 2.75) is 33.6 Å². The number of amides is 1. The van der Waals surface area contributed by atoms with Crippen molar-refractivity contribution >= 4 is 29.3 Å². The maximum absolute atomic E-state index is 11.8. The van der Waals surface area contributed by atoms with Crippen molar-refractivity contribution in [3.63, 3.8) is 0 Å². The van der Waals surface area contributed by atoms with E-state index in [1.54, 1.807) is 17.4 Å². The smallest absolute Gasteiger partial charge is 0.303 e. The van der Waals surface area contributed by atoms with Gasteiger partial charge in [0.25, 0.3) is 0 Å². The predicted octanol–water partition coefficient (Wildman–Crippen LogP) is 3.32. The molecule has 21 heavy (non-hydrogen) atoms. The van der Waals surface area contributed by atoms with E-state index in [0.717, 1.165) is 16.9 Å². The average Bonchev–Trinajstić information content (AvgIpc) is 2.77. The Balaban J connectivity index is 2.47. The van der Waals surface area contributed by atoms with Crippen molar-refractivity contribution in [1.82, 2.24) is 5.32 Å². The number of aryl methyl sites for hydroxylation is 1. The maximum atomic E-state index is 11.8. The van der Waals surface area contributed by atoms with Gasteiger partial charge in [0, 0.05) is 23.9 Å². The lowest BCUT2D eigenvalue weighted by molar-refractivity contribution is -0.138. The van der Waals surface area contributed by atoms with Crippen molar-refractivity contribution in [3.05, 3.63) is 28.0 Å². The summed E-state index contributed by atoms with van der Waals surface area (Å²) in [4.78, 5) is 23.7. The summed E-state index contributed by atoms with van der Waals surface area (Å²) in [6.45, 7) is 6.50. The highest BCUT2D eigenvalue weighted by atomic mass is 32.1. The number of carboxylic acids is 1. The molecule has 0 unspecified atom stereocenters. The molecule has 0 aliphatic heterocycles. The normalized spacial score (nSPS) is 12.8. The standard InChI is InChI=1S/C16H23NO3S/c1-11(2)8-13(9-16(19)20)10-17-15(18)5-4-14-12(3)6-7-21-14/h4-7,11,13H,8-10H2,1-3H3,(H,17,18)(H,19,20)/t13-/m0/s1. The van der Waals surface area contributed by atoms with Gasteiger partial charge < -0.3 is 10.4 Å². The third-order valence-electron chi connectivity index (χ3n) is 3.12. The Bertz CT molecular complexity index is 505. The van der Waals surface area contributed by atoms with Gasteiger partial charge in [-0.2, -0.15) is 0 Å². The zero-order chi connectivity index (χ0) is 15.8. The number of aliphatic carboxylic acids is 1. The van der Waals surface area contributed by atoms with Gasteiger partial charge in [-0.15, -0.1) is 11.3 Å². The van der Waals surface area contributed by atoms with Crippen LogP contribution in [0.3, 0.4) is 0 Å². The van der Waals surface area contributed by atoms with E-state index < -0.39 is 5.97 Å². The number of hydrogen-bond donors (Lipinski definition) is 2. The second-order valence-corrected chi connectivity index (χ2v) is 6.59. The molecule has 0 aromatic carbocycles. The van der Waals surface area contributed by atoms with Gasteiger partial charge in [0.2, 0.25) is 5.91 Å². The highest BCUT2D eigenvalue weighted by Crippen LogP contribution is 2.17. The molecule has 1 atom stereocenters. The molecule has 116 valence electrons. The number of hydrogen-bond acceptors (Lipinski definition) is 3. The van der Waals surface area contributed by atoms with Crippen LogP contribution in [0.4, 0.5) is 0 Å². The van der Waals surface area contributed by atoms with Crippen molar-refractivity contribution in [2.24, 2.45) is 11.8 Å². The van der Waals surface area contributed by atoms with Crippen LogP contribution in [0.1, 0.15) is 37.1 Å². The molecular weight excluding hydrogens is 286 g/mol.